The first-order valence-electron chi connectivity index (χ1n) is 9.09. The molecular formula is C22H21N2O4-. The van der Waals surface area contributed by atoms with Crippen LogP contribution in [0.15, 0.2) is 60.7 Å². The summed E-state index contributed by atoms with van der Waals surface area (Å²) in [5.74, 6) is -3.26. The van der Waals surface area contributed by atoms with Gasteiger partial charge in [-0.3, -0.25) is 9.59 Å². The molecule has 0 saturated heterocycles. The highest BCUT2D eigenvalue weighted by Gasteiger charge is 2.29. The van der Waals surface area contributed by atoms with E-state index >= 15 is 0 Å². The number of hydrogen-bond donors (Lipinski definition) is 2. The highest BCUT2D eigenvalue weighted by Crippen LogP contribution is 2.27. The molecule has 2 N–H and O–H groups in total. The van der Waals surface area contributed by atoms with Crippen molar-refractivity contribution < 1.29 is 19.5 Å². The van der Waals surface area contributed by atoms with E-state index < -0.39 is 17.8 Å². The maximum Gasteiger partial charge on any atom is 0.255 e. The largest absolute Gasteiger partial charge is 0.550 e. The van der Waals surface area contributed by atoms with Crippen LogP contribution in [-0.2, 0) is 9.59 Å². The summed E-state index contributed by atoms with van der Waals surface area (Å²) in [7, 11) is 0. The number of aryl methyl sites for hydroxylation is 1. The van der Waals surface area contributed by atoms with Gasteiger partial charge in [-0.05, 0) is 55.7 Å². The van der Waals surface area contributed by atoms with Crippen molar-refractivity contribution in [2.45, 2.75) is 19.8 Å². The molecule has 6 nitrogen and oxygen atoms in total. The molecule has 1 aliphatic carbocycles. The summed E-state index contributed by atoms with van der Waals surface area (Å²) >= 11 is 0. The summed E-state index contributed by atoms with van der Waals surface area (Å²) < 4.78 is 0. The van der Waals surface area contributed by atoms with E-state index in [0.717, 1.165) is 5.56 Å². The summed E-state index contributed by atoms with van der Waals surface area (Å²) in [6.45, 7) is 1.82. The van der Waals surface area contributed by atoms with Crippen LogP contribution in [0.2, 0.25) is 0 Å². The highest BCUT2D eigenvalue weighted by atomic mass is 16.4. The number of anilines is 2. The van der Waals surface area contributed by atoms with Gasteiger partial charge in [-0.15, -0.1) is 0 Å². The quantitative estimate of drug-likeness (QED) is 0.782. The van der Waals surface area contributed by atoms with Gasteiger partial charge in [-0.1, -0.05) is 30.4 Å². The van der Waals surface area contributed by atoms with Gasteiger partial charge in [0.25, 0.3) is 5.91 Å². The zero-order chi connectivity index (χ0) is 20.1. The number of aliphatic carboxylic acids is 1. The SMILES string of the molecule is Cc1cc(NC(=O)[C@@H]2CC=CC[C@@H]2C(=O)[O-])ccc1NC(=O)c1ccccc1. The van der Waals surface area contributed by atoms with E-state index in [0.29, 0.717) is 29.8 Å². The zero-order valence-electron chi connectivity index (χ0n) is 15.5. The molecule has 0 unspecified atom stereocenters. The number of rotatable bonds is 5. The summed E-state index contributed by atoms with van der Waals surface area (Å²) in [5, 5.41) is 16.9. The Bertz CT molecular complexity index is 921. The third-order valence-electron chi connectivity index (χ3n) is 4.85. The van der Waals surface area contributed by atoms with Crippen LogP contribution < -0.4 is 15.7 Å². The van der Waals surface area contributed by atoms with Gasteiger partial charge in [0.2, 0.25) is 5.91 Å². The Hall–Kier alpha value is -3.41. The van der Waals surface area contributed by atoms with Crippen molar-refractivity contribution in [3.05, 3.63) is 71.8 Å². The lowest BCUT2D eigenvalue weighted by atomic mass is 9.82. The third-order valence-corrected chi connectivity index (χ3v) is 4.85. The Morgan fingerprint density at radius 1 is 0.929 bits per heavy atom. The van der Waals surface area contributed by atoms with Gasteiger partial charge >= 0.3 is 0 Å². The van der Waals surface area contributed by atoms with Gasteiger partial charge in [-0.2, -0.15) is 0 Å². The molecule has 0 aromatic heterocycles. The molecule has 0 saturated carbocycles. The fraction of sp³-hybridized carbons (Fsp3) is 0.227. The van der Waals surface area contributed by atoms with E-state index in [4.69, 9.17) is 0 Å². The van der Waals surface area contributed by atoms with Gasteiger partial charge in [0.15, 0.2) is 0 Å². The van der Waals surface area contributed by atoms with E-state index in [1.165, 1.54) is 0 Å². The summed E-state index contributed by atoms with van der Waals surface area (Å²) in [5.41, 5.74) is 2.52. The van der Waals surface area contributed by atoms with Crippen molar-refractivity contribution in [3.8, 4) is 0 Å². The van der Waals surface area contributed by atoms with Crippen molar-refractivity contribution in [1.82, 2.24) is 0 Å². The first-order valence-corrected chi connectivity index (χ1v) is 9.09. The van der Waals surface area contributed by atoms with Crippen molar-refractivity contribution in [2.24, 2.45) is 11.8 Å². The Labute approximate surface area is 163 Å². The zero-order valence-corrected chi connectivity index (χ0v) is 15.5. The van der Waals surface area contributed by atoms with Crippen LogP contribution in [0, 0.1) is 18.8 Å². The van der Waals surface area contributed by atoms with Gasteiger partial charge in [0, 0.05) is 28.8 Å². The van der Waals surface area contributed by atoms with Crippen LogP contribution in [0.3, 0.4) is 0 Å². The average molecular weight is 377 g/mol. The molecule has 144 valence electrons. The van der Waals surface area contributed by atoms with Crippen molar-refractivity contribution in [2.75, 3.05) is 10.6 Å². The smallest absolute Gasteiger partial charge is 0.255 e. The van der Waals surface area contributed by atoms with E-state index in [2.05, 4.69) is 10.6 Å². The minimum atomic E-state index is -1.21. The fourth-order valence-electron chi connectivity index (χ4n) is 3.27. The molecule has 2 aromatic rings. The summed E-state index contributed by atoms with van der Waals surface area (Å²) in [4.78, 5) is 36.1. The van der Waals surface area contributed by atoms with Gasteiger partial charge in [0.1, 0.15) is 0 Å². The monoisotopic (exact) mass is 377 g/mol. The molecule has 28 heavy (non-hydrogen) atoms. The Morgan fingerprint density at radius 2 is 1.61 bits per heavy atom. The molecule has 3 rings (SSSR count). The number of allylic oxidation sites excluding steroid dienone is 2. The summed E-state index contributed by atoms with van der Waals surface area (Å²) in [6, 6.07) is 14.0. The second-order valence-corrected chi connectivity index (χ2v) is 6.81. The van der Waals surface area contributed by atoms with Crippen LogP contribution in [-0.4, -0.2) is 17.8 Å². The topological polar surface area (TPSA) is 98.3 Å². The predicted molar refractivity (Wildman–Crippen MR) is 105 cm³/mol. The van der Waals surface area contributed by atoms with Crippen molar-refractivity contribution in [1.29, 1.82) is 0 Å². The molecule has 2 aromatic carbocycles. The molecule has 0 fully saturated rings. The molecule has 0 radical (unpaired) electrons. The van der Waals surface area contributed by atoms with E-state index in [1.807, 2.05) is 19.1 Å². The number of carbonyl (C=O) groups is 3. The molecule has 2 atom stereocenters. The van der Waals surface area contributed by atoms with E-state index in [-0.39, 0.29) is 11.8 Å². The molecule has 0 aliphatic heterocycles. The standard InChI is InChI=1S/C22H22N2O4/c1-14-13-16(23-21(26)17-9-5-6-10-18(17)22(27)28)11-12-19(14)24-20(25)15-7-3-2-4-8-15/h2-8,11-13,17-18H,9-10H2,1H3,(H,23,26)(H,24,25)(H,27,28)/p-1/t17-,18+/m1/s1. The molecule has 0 spiro atoms. The first kappa shape index (κ1) is 19.4. The third kappa shape index (κ3) is 4.46. The summed E-state index contributed by atoms with van der Waals surface area (Å²) in [6.07, 6.45) is 4.24. The van der Waals surface area contributed by atoms with E-state index in [1.54, 1.807) is 48.5 Å². The number of benzene rings is 2. The van der Waals surface area contributed by atoms with Crippen LogP contribution >= 0.6 is 0 Å². The number of carbonyl (C=O) groups excluding carboxylic acids is 3. The number of amides is 2. The number of nitrogens with one attached hydrogen (secondary N) is 2. The second-order valence-electron chi connectivity index (χ2n) is 6.81. The molecule has 2 amide bonds. The minimum Gasteiger partial charge on any atom is -0.550 e. The number of hydrogen-bond acceptors (Lipinski definition) is 4. The van der Waals surface area contributed by atoms with Crippen molar-refractivity contribution >= 4 is 29.2 Å². The maximum absolute atomic E-state index is 12.5. The van der Waals surface area contributed by atoms with Crippen LogP contribution in [0.1, 0.15) is 28.8 Å². The lowest BCUT2D eigenvalue weighted by Gasteiger charge is -2.28. The predicted octanol–water partition coefficient (Wildman–Crippen LogP) is 2.52. The Balaban J connectivity index is 1.68. The van der Waals surface area contributed by atoms with Crippen LogP contribution in [0.4, 0.5) is 11.4 Å². The lowest BCUT2D eigenvalue weighted by molar-refractivity contribution is -0.313. The lowest BCUT2D eigenvalue weighted by Crippen LogP contribution is -2.41. The van der Waals surface area contributed by atoms with Gasteiger partial charge in [0.05, 0.1) is 5.92 Å². The van der Waals surface area contributed by atoms with Gasteiger partial charge in [-0.25, -0.2) is 0 Å². The van der Waals surface area contributed by atoms with E-state index in [9.17, 15) is 19.5 Å². The number of carboxylic acids is 1. The molecule has 0 bridgehead atoms. The minimum absolute atomic E-state index is 0.216. The first-order chi connectivity index (χ1) is 13.5. The molecular weight excluding hydrogens is 356 g/mol. The Morgan fingerprint density at radius 3 is 2.25 bits per heavy atom. The highest BCUT2D eigenvalue weighted by molar-refractivity contribution is 6.05. The molecule has 1 aliphatic rings. The normalized spacial score (nSPS) is 18.3. The maximum atomic E-state index is 12.5. The Kier molecular flexibility index (Phi) is 5.89. The molecule has 6 heteroatoms. The average Bonchev–Trinajstić information content (AvgIpc) is 2.70. The van der Waals surface area contributed by atoms with Crippen LogP contribution in [0.25, 0.3) is 0 Å². The van der Waals surface area contributed by atoms with Crippen molar-refractivity contribution in [3.63, 3.8) is 0 Å². The second kappa shape index (κ2) is 8.52. The number of carboxylic acid groups (broad SMARTS) is 1. The van der Waals surface area contributed by atoms with Crippen LogP contribution in [0.5, 0.6) is 0 Å². The van der Waals surface area contributed by atoms with Gasteiger partial charge < -0.3 is 20.5 Å². The fourth-order valence-corrected chi connectivity index (χ4v) is 3.27. The molecule has 0 heterocycles.